The lowest BCUT2D eigenvalue weighted by Gasteiger charge is -2.32. The van der Waals surface area contributed by atoms with Crippen LogP contribution in [0.5, 0.6) is 0 Å². The first-order valence-electron chi connectivity index (χ1n) is 11.1. The molecule has 1 fully saturated rings. The summed E-state index contributed by atoms with van der Waals surface area (Å²) in [6, 6.07) is 21.7. The van der Waals surface area contributed by atoms with Crippen LogP contribution in [-0.4, -0.2) is 41.5 Å². The number of rotatable bonds is 6. The molecule has 6 heteroatoms. The Morgan fingerprint density at radius 2 is 1.72 bits per heavy atom. The molecule has 1 saturated heterocycles. The third kappa shape index (κ3) is 4.78. The molecule has 1 heterocycles. The first-order valence-corrected chi connectivity index (χ1v) is 11.1. The van der Waals surface area contributed by atoms with Crippen molar-refractivity contribution < 1.29 is 14.9 Å². The van der Waals surface area contributed by atoms with E-state index in [-0.39, 0.29) is 20.0 Å². The van der Waals surface area contributed by atoms with E-state index < -0.39 is 0 Å². The molecule has 3 aromatic rings. The minimum atomic E-state index is -0.118. The molecule has 4 N–H and O–H groups in total. The van der Waals surface area contributed by atoms with Crippen LogP contribution in [0.2, 0.25) is 0 Å². The molecule has 0 saturated carbocycles. The minimum Gasteiger partial charge on any atom is -0.449 e. The Balaban J connectivity index is 1.41. The zero-order chi connectivity index (χ0) is 22.5. The standard InChI is InChI=1S/C26H29BN2O3/c28-16-18-2-1-3-22(14-18)20-10-12-29(13-11-20)26(31)21-6-4-19(5-7-21)23-8-9-25(27-32)24(15-23)17-30/h1-9,14-15,20,27,30,32H,10-13,16-17,28H2. The molecule has 0 spiro atoms. The number of nitrogens with zero attached hydrogens (tertiary/aromatic N) is 1. The maximum absolute atomic E-state index is 13.0. The largest absolute Gasteiger partial charge is 0.449 e. The van der Waals surface area contributed by atoms with Crippen LogP contribution in [-0.2, 0) is 13.2 Å². The SMILES string of the molecule is NCc1cccc(C2CCN(C(=O)c3ccc(-c4ccc(BO)c(CO)c4)cc3)CC2)c1. The maximum atomic E-state index is 13.0. The highest BCUT2D eigenvalue weighted by molar-refractivity contribution is 6.46. The van der Waals surface area contributed by atoms with Gasteiger partial charge in [-0.15, -0.1) is 0 Å². The lowest BCUT2D eigenvalue weighted by Crippen LogP contribution is -2.37. The van der Waals surface area contributed by atoms with Gasteiger partial charge < -0.3 is 20.8 Å². The summed E-state index contributed by atoms with van der Waals surface area (Å²) < 4.78 is 0. The van der Waals surface area contributed by atoms with Crippen molar-refractivity contribution in [2.24, 2.45) is 5.73 Å². The van der Waals surface area contributed by atoms with Crippen LogP contribution in [0.3, 0.4) is 0 Å². The van der Waals surface area contributed by atoms with Crippen LogP contribution < -0.4 is 11.2 Å². The Morgan fingerprint density at radius 1 is 1.00 bits per heavy atom. The molecule has 1 aliphatic heterocycles. The topological polar surface area (TPSA) is 86.8 Å². The van der Waals surface area contributed by atoms with E-state index >= 15 is 0 Å². The summed E-state index contributed by atoms with van der Waals surface area (Å²) in [6.45, 7) is 1.93. The highest BCUT2D eigenvalue weighted by atomic mass is 16.3. The highest BCUT2D eigenvalue weighted by Crippen LogP contribution is 2.29. The molecule has 0 bridgehead atoms. The van der Waals surface area contributed by atoms with Crippen LogP contribution in [0.15, 0.2) is 66.7 Å². The average molecular weight is 428 g/mol. The van der Waals surface area contributed by atoms with Crippen molar-refractivity contribution in [2.45, 2.75) is 31.9 Å². The van der Waals surface area contributed by atoms with Crippen LogP contribution in [0, 0.1) is 0 Å². The van der Waals surface area contributed by atoms with Gasteiger partial charge in [0.05, 0.1) is 6.61 Å². The molecule has 5 nitrogen and oxygen atoms in total. The third-order valence-electron chi connectivity index (χ3n) is 6.45. The van der Waals surface area contributed by atoms with Gasteiger partial charge in [0, 0.05) is 25.2 Å². The van der Waals surface area contributed by atoms with E-state index in [2.05, 4.69) is 24.3 Å². The molecule has 0 aromatic heterocycles. The zero-order valence-corrected chi connectivity index (χ0v) is 18.2. The summed E-state index contributed by atoms with van der Waals surface area (Å²) in [7, 11) is -0.0985. The number of carbonyl (C=O) groups excluding carboxylic acids is 1. The van der Waals surface area contributed by atoms with Gasteiger partial charge in [-0.3, -0.25) is 4.79 Å². The summed E-state index contributed by atoms with van der Waals surface area (Å²) >= 11 is 0. The number of carbonyl (C=O) groups is 1. The maximum Gasteiger partial charge on any atom is 0.305 e. The van der Waals surface area contributed by atoms with Crippen molar-refractivity contribution in [3.05, 3.63) is 89.0 Å². The van der Waals surface area contributed by atoms with E-state index in [9.17, 15) is 14.9 Å². The Morgan fingerprint density at radius 3 is 2.38 bits per heavy atom. The van der Waals surface area contributed by atoms with E-state index in [0.29, 0.717) is 23.6 Å². The number of nitrogens with two attached hydrogens (primary N) is 1. The summed E-state index contributed by atoms with van der Waals surface area (Å²) in [5.74, 6) is 0.535. The number of likely N-dealkylation sites (tertiary alicyclic amines) is 1. The van der Waals surface area contributed by atoms with Crippen LogP contribution >= 0.6 is 0 Å². The molecule has 0 atom stereocenters. The van der Waals surface area contributed by atoms with Crippen molar-refractivity contribution in [3.8, 4) is 11.1 Å². The molecular formula is C26H29BN2O3. The fourth-order valence-electron chi connectivity index (χ4n) is 4.48. The van der Waals surface area contributed by atoms with Gasteiger partial charge in [0.15, 0.2) is 0 Å². The fraction of sp³-hybridized carbons (Fsp3) is 0.269. The van der Waals surface area contributed by atoms with Gasteiger partial charge in [-0.1, -0.05) is 48.5 Å². The molecule has 164 valence electrons. The van der Waals surface area contributed by atoms with Gasteiger partial charge in [0.2, 0.25) is 0 Å². The molecule has 4 rings (SSSR count). The van der Waals surface area contributed by atoms with Gasteiger partial charge in [0.1, 0.15) is 0 Å². The van der Waals surface area contributed by atoms with Crippen LogP contribution in [0.25, 0.3) is 11.1 Å². The van der Waals surface area contributed by atoms with Crippen LogP contribution in [0.4, 0.5) is 0 Å². The number of piperidine rings is 1. The second kappa shape index (κ2) is 10.1. The number of hydrogen-bond acceptors (Lipinski definition) is 4. The van der Waals surface area contributed by atoms with E-state index in [1.165, 1.54) is 5.56 Å². The Kier molecular flexibility index (Phi) is 7.05. The lowest BCUT2D eigenvalue weighted by atomic mass is 9.83. The van der Waals surface area contributed by atoms with Gasteiger partial charge >= 0.3 is 7.48 Å². The Bertz CT molecular complexity index is 1080. The van der Waals surface area contributed by atoms with Crippen molar-refractivity contribution >= 4 is 18.9 Å². The van der Waals surface area contributed by atoms with Gasteiger partial charge in [-0.05, 0) is 70.2 Å². The zero-order valence-electron chi connectivity index (χ0n) is 18.2. The highest BCUT2D eigenvalue weighted by Gasteiger charge is 2.24. The monoisotopic (exact) mass is 428 g/mol. The first kappa shape index (κ1) is 22.3. The number of benzene rings is 3. The third-order valence-corrected chi connectivity index (χ3v) is 6.45. The molecular weight excluding hydrogens is 399 g/mol. The molecule has 0 aliphatic carbocycles. The fourth-order valence-corrected chi connectivity index (χ4v) is 4.48. The quantitative estimate of drug-likeness (QED) is 0.526. The van der Waals surface area contributed by atoms with E-state index in [1.807, 2.05) is 47.4 Å². The summed E-state index contributed by atoms with van der Waals surface area (Å²) in [6.07, 6.45) is 1.91. The van der Waals surface area contributed by atoms with E-state index in [1.54, 1.807) is 0 Å². The molecule has 1 aliphatic rings. The molecule has 0 unspecified atom stereocenters. The lowest BCUT2D eigenvalue weighted by molar-refractivity contribution is 0.0713. The number of aliphatic hydroxyl groups is 1. The average Bonchev–Trinajstić information content (AvgIpc) is 2.88. The number of amides is 1. The smallest absolute Gasteiger partial charge is 0.305 e. The van der Waals surface area contributed by atoms with Crippen molar-refractivity contribution in [1.82, 2.24) is 4.90 Å². The van der Waals surface area contributed by atoms with Crippen molar-refractivity contribution in [3.63, 3.8) is 0 Å². The first-order chi connectivity index (χ1) is 15.6. The normalized spacial score (nSPS) is 14.4. The summed E-state index contributed by atoms with van der Waals surface area (Å²) in [4.78, 5) is 15.0. The number of aliphatic hydroxyl groups excluding tert-OH is 1. The predicted octanol–water partition coefficient (Wildman–Crippen LogP) is 2.29. The Labute approximate surface area is 189 Å². The summed E-state index contributed by atoms with van der Waals surface area (Å²) in [5.41, 5.74) is 12.3. The van der Waals surface area contributed by atoms with E-state index in [0.717, 1.165) is 48.1 Å². The van der Waals surface area contributed by atoms with Crippen molar-refractivity contribution in [2.75, 3.05) is 13.1 Å². The Hall–Kier alpha value is -2.93. The molecule has 1 amide bonds. The number of hydrogen-bond donors (Lipinski definition) is 3. The second-order valence-electron chi connectivity index (χ2n) is 8.39. The van der Waals surface area contributed by atoms with Gasteiger partial charge in [-0.25, -0.2) is 0 Å². The summed E-state index contributed by atoms with van der Waals surface area (Å²) in [5, 5.41) is 18.9. The van der Waals surface area contributed by atoms with E-state index in [4.69, 9.17) is 5.73 Å². The molecule has 3 aromatic carbocycles. The van der Waals surface area contributed by atoms with Crippen molar-refractivity contribution in [1.29, 1.82) is 0 Å². The van der Waals surface area contributed by atoms with Gasteiger partial charge in [0.25, 0.3) is 5.91 Å². The molecule has 32 heavy (non-hydrogen) atoms. The second-order valence-corrected chi connectivity index (χ2v) is 8.39. The molecule has 0 radical (unpaired) electrons. The predicted molar refractivity (Wildman–Crippen MR) is 129 cm³/mol. The van der Waals surface area contributed by atoms with Crippen LogP contribution in [0.1, 0.15) is 45.8 Å². The van der Waals surface area contributed by atoms with Gasteiger partial charge in [-0.2, -0.15) is 0 Å². The minimum absolute atomic E-state index is 0.0670.